The van der Waals surface area contributed by atoms with Crippen LogP contribution in [0.3, 0.4) is 0 Å². The van der Waals surface area contributed by atoms with Crippen LogP contribution in [0.1, 0.15) is 5.89 Å². The van der Waals surface area contributed by atoms with E-state index in [1.165, 1.54) is 6.07 Å². The number of carboxylic acids is 1. The third-order valence-corrected chi connectivity index (χ3v) is 2.10. The fraction of sp³-hybridized carbons (Fsp3) is 0.182. The molecule has 0 fully saturated rings. The van der Waals surface area contributed by atoms with Crippen molar-refractivity contribution in [3.63, 3.8) is 0 Å². The van der Waals surface area contributed by atoms with Gasteiger partial charge in [-0.15, -0.1) is 0 Å². The molecule has 0 aliphatic rings. The number of benzene rings is 1. The third kappa shape index (κ3) is 3.32. The van der Waals surface area contributed by atoms with Crippen molar-refractivity contribution >= 4 is 5.97 Å². The summed E-state index contributed by atoms with van der Waals surface area (Å²) in [6.07, 6.45) is 0. The van der Waals surface area contributed by atoms with Gasteiger partial charge in [0.15, 0.2) is 11.6 Å². The summed E-state index contributed by atoms with van der Waals surface area (Å²) in [6, 6.07) is 3.18. The SMILES string of the molecule is O=C(O)COCc1nc(-c2ccc(F)c(F)c2)no1. The molecule has 0 saturated carbocycles. The number of ether oxygens (including phenoxy) is 1. The van der Waals surface area contributed by atoms with Gasteiger partial charge in [-0.25, -0.2) is 13.6 Å². The van der Waals surface area contributed by atoms with Gasteiger partial charge in [-0.2, -0.15) is 4.98 Å². The number of nitrogens with zero attached hydrogens (tertiary/aromatic N) is 2. The first kappa shape index (κ1) is 13.1. The van der Waals surface area contributed by atoms with Crippen LogP contribution in [0.4, 0.5) is 8.78 Å². The molecule has 2 rings (SSSR count). The van der Waals surface area contributed by atoms with Crippen molar-refractivity contribution in [2.24, 2.45) is 0 Å². The quantitative estimate of drug-likeness (QED) is 0.888. The zero-order valence-corrected chi connectivity index (χ0v) is 9.47. The number of halogens is 2. The van der Waals surface area contributed by atoms with Gasteiger partial charge in [-0.05, 0) is 18.2 Å². The molecule has 0 aliphatic carbocycles. The largest absolute Gasteiger partial charge is 0.480 e. The Labute approximate surface area is 105 Å². The smallest absolute Gasteiger partial charge is 0.329 e. The van der Waals surface area contributed by atoms with E-state index >= 15 is 0 Å². The molecule has 0 bridgehead atoms. The second kappa shape index (κ2) is 5.53. The Bertz CT molecular complexity index is 600. The van der Waals surface area contributed by atoms with E-state index in [-0.39, 0.29) is 23.9 Å². The Hall–Kier alpha value is -2.35. The maximum Gasteiger partial charge on any atom is 0.329 e. The van der Waals surface area contributed by atoms with E-state index in [9.17, 15) is 13.6 Å². The molecule has 0 saturated heterocycles. The fourth-order valence-corrected chi connectivity index (χ4v) is 1.29. The number of aromatic nitrogens is 2. The standard InChI is InChI=1S/C11H8F2N2O4/c12-7-2-1-6(3-8(7)13)11-14-9(19-15-11)4-18-5-10(16)17/h1-3H,4-5H2,(H,16,17). The molecule has 6 nitrogen and oxygen atoms in total. The highest BCUT2D eigenvalue weighted by atomic mass is 19.2. The second-order valence-electron chi connectivity index (χ2n) is 3.53. The van der Waals surface area contributed by atoms with E-state index in [2.05, 4.69) is 10.1 Å². The van der Waals surface area contributed by atoms with Crippen LogP contribution in [0.2, 0.25) is 0 Å². The molecule has 19 heavy (non-hydrogen) atoms. The Balaban J connectivity index is 2.07. The van der Waals surface area contributed by atoms with E-state index in [0.717, 1.165) is 12.1 Å². The second-order valence-corrected chi connectivity index (χ2v) is 3.53. The lowest BCUT2D eigenvalue weighted by atomic mass is 10.2. The lowest BCUT2D eigenvalue weighted by molar-refractivity contribution is -0.142. The van der Waals surface area contributed by atoms with Crippen molar-refractivity contribution in [2.75, 3.05) is 6.61 Å². The molecule has 1 heterocycles. The highest BCUT2D eigenvalue weighted by Crippen LogP contribution is 2.18. The third-order valence-electron chi connectivity index (χ3n) is 2.10. The number of rotatable bonds is 5. The minimum atomic E-state index is -1.12. The van der Waals surface area contributed by atoms with Gasteiger partial charge in [0.05, 0.1) is 0 Å². The van der Waals surface area contributed by atoms with E-state index < -0.39 is 24.2 Å². The topological polar surface area (TPSA) is 85.5 Å². The Morgan fingerprint density at radius 3 is 2.84 bits per heavy atom. The van der Waals surface area contributed by atoms with Crippen LogP contribution in [0.15, 0.2) is 22.7 Å². The molecule has 2 aromatic rings. The van der Waals surface area contributed by atoms with Gasteiger partial charge in [0.1, 0.15) is 13.2 Å². The van der Waals surface area contributed by atoms with Crippen molar-refractivity contribution in [2.45, 2.75) is 6.61 Å². The summed E-state index contributed by atoms with van der Waals surface area (Å²) in [6.45, 7) is -0.675. The molecule has 1 aromatic carbocycles. The van der Waals surface area contributed by atoms with Gasteiger partial charge in [0.2, 0.25) is 5.82 Å². The van der Waals surface area contributed by atoms with Crippen molar-refractivity contribution < 1.29 is 27.9 Å². The van der Waals surface area contributed by atoms with Gasteiger partial charge in [-0.3, -0.25) is 0 Å². The predicted molar refractivity (Wildman–Crippen MR) is 56.9 cm³/mol. The molecule has 0 spiro atoms. The first-order valence-electron chi connectivity index (χ1n) is 5.14. The zero-order chi connectivity index (χ0) is 13.8. The van der Waals surface area contributed by atoms with E-state index in [4.69, 9.17) is 14.4 Å². The average Bonchev–Trinajstić information content (AvgIpc) is 2.81. The van der Waals surface area contributed by atoms with Crippen molar-refractivity contribution in [3.8, 4) is 11.4 Å². The Morgan fingerprint density at radius 1 is 1.37 bits per heavy atom. The van der Waals surface area contributed by atoms with Crippen LogP contribution in [0, 0.1) is 11.6 Å². The Kier molecular flexibility index (Phi) is 3.81. The number of carboxylic acid groups (broad SMARTS) is 1. The maximum atomic E-state index is 13.0. The number of hydrogen-bond donors (Lipinski definition) is 1. The van der Waals surface area contributed by atoms with E-state index in [0.29, 0.717) is 0 Å². The summed E-state index contributed by atoms with van der Waals surface area (Å²) in [5.74, 6) is -3.02. The minimum absolute atomic E-state index is 0.0426. The summed E-state index contributed by atoms with van der Waals surface area (Å²) in [4.78, 5) is 14.1. The lowest BCUT2D eigenvalue weighted by Crippen LogP contribution is -2.06. The van der Waals surface area contributed by atoms with Gasteiger partial charge >= 0.3 is 5.97 Å². The molecule has 0 unspecified atom stereocenters. The van der Waals surface area contributed by atoms with Gasteiger partial charge in [0.25, 0.3) is 5.89 Å². The first-order valence-corrected chi connectivity index (χ1v) is 5.14. The molecule has 0 aliphatic heterocycles. The summed E-state index contributed by atoms with van der Waals surface area (Å²) in [7, 11) is 0. The van der Waals surface area contributed by atoms with Crippen LogP contribution >= 0.6 is 0 Å². The summed E-state index contributed by atoms with van der Waals surface area (Å²) in [5, 5.41) is 11.9. The first-order chi connectivity index (χ1) is 9.06. The van der Waals surface area contributed by atoms with Gasteiger partial charge in [-0.1, -0.05) is 5.16 Å². The summed E-state index contributed by atoms with van der Waals surface area (Å²) in [5.41, 5.74) is 0.243. The molecular weight excluding hydrogens is 262 g/mol. The van der Waals surface area contributed by atoms with Crippen LogP contribution in [-0.2, 0) is 16.1 Å². The number of aliphatic carboxylic acids is 1. The van der Waals surface area contributed by atoms with Crippen molar-refractivity contribution in [3.05, 3.63) is 35.7 Å². The van der Waals surface area contributed by atoms with Crippen LogP contribution < -0.4 is 0 Å². The summed E-state index contributed by atoms with van der Waals surface area (Å²) < 4.78 is 35.3. The summed E-state index contributed by atoms with van der Waals surface area (Å²) >= 11 is 0. The predicted octanol–water partition coefficient (Wildman–Crippen LogP) is 1.62. The van der Waals surface area contributed by atoms with E-state index in [1.807, 2.05) is 0 Å². The molecule has 0 amide bonds. The Morgan fingerprint density at radius 2 is 2.16 bits per heavy atom. The molecule has 8 heteroatoms. The minimum Gasteiger partial charge on any atom is -0.480 e. The molecule has 0 radical (unpaired) electrons. The van der Waals surface area contributed by atoms with Crippen LogP contribution in [-0.4, -0.2) is 27.8 Å². The van der Waals surface area contributed by atoms with Gasteiger partial charge in [0, 0.05) is 5.56 Å². The van der Waals surface area contributed by atoms with Crippen molar-refractivity contribution in [1.29, 1.82) is 0 Å². The highest BCUT2D eigenvalue weighted by Gasteiger charge is 2.11. The normalized spacial score (nSPS) is 10.6. The van der Waals surface area contributed by atoms with Crippen molar-refractivity contribution in [1.82, 2.24) is 10.1 Å². The van der Waals surface area contributed by atoms with E-state index in [1.54, 1.807) is 0 Å². The molecule has 1 N–H and O–H groups in total. The molecule has 0 atom stereocenters. The van der Waals surface area contributed by atoms with Crippen LogP contribution in [0.5, 0.6) is 0 Å². The fourth-order valence-electron chi connectivity index (χ4n) is 1.29. The average molecular weight is 270 g/mol. The molecule has 100 valence electrons. The monoisotopic (exact) mass is 270 g/mol. The highest BCUT2D eigenvalue weighted by molar-refractivity contribution is 5.67. The van der Waals surface area contributed by atoms with Crippen LogP contribution in [0.25, 0.3) is 11.4 Å². The maximum absolute atomic E-state index is 13.0. The van der Waals surface area contributed by atoms with Gasteiger partial charge < -0.3 is 14.4 Å². The number of hydrogen-bond acceptors (Lipinski definition) is 5. The number of carbonyl (C=O) groups is 1. The molecular formula is C11H8F2N2O4. The zero-order valence-electron chi connectivity index (χ0n) is 9.47. The lowest BCUT2D eigenvalue weighted by Gasteiger charge is -1.96. The molecule has 1 aromatic heterocycles.